The first kappa shape index (κ1) is 29.6. The highest BCUT2D eigenvalue weighted by molar-refractivity contribution is 5.99. The second-order valence-electron chi connectivity index (χ2n) is 12.4. The van der Waals surface area contributed by atoms with Gasteiger partial charge in [-0.15, -0.1) is 0 Å². The van der Waals surface area contributed by atoms with E-state index in [0.717, 1.165) is 32.1 Å². The van der Waals surface area contributed by atoms with Gasteiger partial charge in [0.15, 0.2) is 0 Å². The molecule has 5 bridgehead atoms. The van der Waals surface area contributed by atoms with Crippen molar-refractivity contribution in [2.75, 3.05) is 19.7 Å². The number of cyclic esters (lactones) is 1. The van der Waals surface area contributed by atoms with Crippen LogP contribution in [0.4, 0.5) is 0 Å². The smallest absolute Gasteiger partial charge is 0.313 e. The molecule has 10 nitrogen and oxygen atoms in total. The number of ether oxygens (including phenoxy) is 2. The van der Waals surface area contributed by atoms with Gasteiger partial charge in [-0.2, -0.15) is 0 Å². The first-order chi connectivity index (χ1) is 20.9. The summed E-state index contributed by atoms with van der Waals surface area (Å²) in [5.74, 6) is -3.34. The molecular weight excluding hydrogens is 550 g/mol. The Kier molecular flexibility index (Phi) is 8.42. The number of aliphatic hydroxyl groups is 1. The fourth-order valence-electron chi connectivity index (χ4n) is 7.68. The van der Waals surface area contributed by atoms with Gasteiger partial charge in [0.1, 0.15) is 23.7 Å². The number of hydrogen-bond acceptors (Lipinski definition) is 7. The lowest BCUT2D eigenvalue weighted by atomic mass is 9.74. The van der Waals surface area contributed by atoms with Crippen molar-refractivity contribution in [3.8, 4) is 0 Å². The van der Waals surface area contributed by atoms with Crippen LogP contribution in [0.5, 0.6) is 0 Å². The SMILES string of the molecule is C[C@@H]1CNC(=O)CC/C=C\CN(C2CCCCC2)C(=O)[C@@H]2N([C@H](CO)c3ccccc3)C(=O)[C@H]3[C@H](C(=O)O1)[C@@H]1C=C[C@]23O1. The third-order valence-corrected chi connectivity index (χ3v) is 9.72. The largest absolute Gasteiger partial charge is 0.460 e. The number of nitrogens with one attached hydrogen (secondary N) is 1. The Morgan fingerprint density at radius 1 is 1.05 bits per heavy atom. The molecule has 230 valence electrons. The number of benzene rings is 1. The Hall–Kier alpha value is -3.50. The van der Waals surface area contributed by atoms with E-state index in [1.165, 1.54) is 4.90 Å². The molecule has 2 saturated heterocycles. The molecule has 1 saturated carbocycles. The maximum absolute atomic E-state index is 14.9. The van der Waals surface area contributed by atoms with E-state index < -0.39 is 60.2 Å². The van der Waals surface area contributed by atoms with Crippen LogP contribution in [-0.4, -0.2) is 88.2 Å². The molecule has 6 rings (SSSR count). The molecule has 1 aliphatic carbocycles. The lowest BCUT2D eigenvalue weighted by Crippen LogP contribution is -2.58. The van der Waals surface area contributed by atoms with Crippen LogP contribution in [0.2, 0.25) is 0 Å². The van der Waals surface area contributed by atoms with Crippen LogP contribution in [0, 0.1) is 11.8 Å². The van der Waals surface area contributed by atoms with E-state index in [2.05, 4.69) is 5.32 Å². The van der Waals surface area contributed by atoms with E-state index in [-0.39, 0.29) is 30.8 Å². The summed E-state index contributed by atoms with van der Waals surface area (Å²) in [5, 5.41) is 13.5. The molecule has 0 radical (unpaired) electrons. The number of allylic oxidation sites excluding steroid dienone is 1. The van der Waals surface area contributed by atoms with Gasteiger partial charge in [0.2, 0.25) is 17.7 Å². The zero-order chi connectivity index (χ0) is 30.1. The molecule has 2 N–H and O–H groups in total. The fourth-order valence-corrected chi connectivity index (χ4v) is 7.68. The normalized spacial score (nSPS) is 35.1. The van der Waals surface area contributed by atoms with E-state index >= 15 is 0 Å². The van der Waals surface area contributed by atoms with Gasteiger partial charge >= 0.3 is 5.97 Å². The second kappa shape index (κ2) is 12.2. The van der Waals surface area contributed by atoms with Crippen molar-refractivity contribution in [2.24, 2.45) is 11.8 Å². The average molecular weight is 592 g/mol. The Labute approximate surface area is 252 Å². The maximum Gasteiger partial charge on any atom is 0.313 e. The lowest BCUT2D eigenvalue weighted by molar-refractivity contribution is -0.159. The Morgan fingerprint density at radius 2 is 1.81 bits per heavy atom. The molecule has 10 heteroatoms. The van der Waals surface area contributed by atoms with E-state index in [4.69, 9.17) is 9.47 Å². The molecule has 3 fully saturated rings. The molecule has 1 aromatic rings. The summed E-state index contributed by atoms with van der Waals surface area (Å²) in [5.41, 5.74) is -0.673. The Bertz CT molecular complexity index is 1290. The number of hydrogen-bond donors (Lipinski definition) is 2. The maximum atomic E-state index is 14.9. The first-order valence-electron chi connectivity index (χ1n) is 15.6. The number of likely N-dealkylation sites (tertiary alicyclic amines) is 1. The van der Waals surface area contributed by atoms with Crippen LogP contribution in [0.1, 0.15) is 63.5 Å². The quantitative estimate of drug-likeness (QED) is 0.407. The van der Waals surface area contributed by atoms with E-state index in [0.29, 0.717) is 18.5 Å². The predicted octanol–water partition coefficient (Wildman–Crippen LogP) is 2.43. The minimum Gasteiger partial charge on any atom is -0.460 e. The Balaban J connectivity index is 1.46. The van der Waals surface area contributed by atoms with Crippen LogP contribution in [0.15, 0.2) is 54.6 Å². The van der Waals surface area contributed by atoms with Gasteiger partial charge in [-0.3, -0.25) is 19.2 Å². The standard InChI is InChI=1S/C33H41N3O7/c1-21-19-34-26(38)15-9-4-10-18-35(23-13-7-3-8-14-23)31(40)29-33-17-16-25(43-33)27(32(41)42-21)28(33)30(39)36(29)24(20-37)22-11-5-2-6-12-22/h2,4-6,10-12,16-17,21,23-25,27-29,37H,3,7-9,13-15,18-20H2,1H3,(H,34,38)/b10-4-/t21-,24-,25+,27-,28-,29+,33-/m1/s1. The van der Waals surface area contributed by atoms with Gasteiger partial charge in [-0.05, 0) is 31.7 Å². The van der Waals surface area contributed by atoms with Crippen molar-refractivity contribution in [1.29, 1.82) is 0 Å². The molecule has 4 heterocycles. The summed E-state index contributed by atoms with van der Waals surface area (Å²) in [6.45, 7) is 1.77. The number of amides is 3. The number of carbonyl (C=O) groups is 4. The van der Waals surface area contributed by atoms with Crippen molar-refractivity contribution < 1.29 is 33.8 Å². The average Bonchev–Trinajstić information content (AvgIpc) is 3.66. The van der Waals surface area contributed by atoms with Crippen molar-refractivity contribution in [3.63, 3.8) is 0 Å². The van der Waals surface area contributed by atoms with E-state index in [1.807, 2.05) is 47.4 Å². The highest BCUT2D eigenvalue weighted by atomic mass is 16.6. The number of nitrogens with zero attached hydrogens (tertiary/aromatic N) is 2. The van der Waals surface area contributed by atoms with Gasteiger partial charge in [0.05, 0.1) is 31.2 Å². The van der Waals surface area contributed by atoms with Crippen molar-refractivity contribution in [3.05, 3.63) is 60.2 Å². The molecule has 0 unspecified atom stereocenters. The number of esters is 1. The number of fused-ring (bicyclic) bond motifs is 2. The highest BCUT2D eigenvalue weighted by Gasteiger charge is 2.74. The molecule has 4 aliphatic heterocycles. The van der Waals surface area contributed by atoms with Crippen LogP contribution < -0.4 is 5.32 Å². The molecule has 5 aliphatic rings. The molecule has 1 spiro atoms. The van der Waals surface area contributed by atoms with Gasteiger partial charge in [0, 0.05) is 19.0 Å². The Morgan fingerprint density at radius 3 is 2.56 bits per heavy atom. The monoisotopic (exact) mass is 591 g/mol. The summed E-state index contributed by atoms with van der Waals surface area (Å²) >= 11 is 0. The third-order valence-electron chi connectivity index (χ3n) is 9.72. The lowest BCUT2D eigenvalue weighted by Gasteiger charge is -2.42. The van der Waals surface area contributed by atoms with Gasteiger partial charge in [0.25, 0.3) is 0 Å². The van der Waals surface area contributed by atoms with E-state index in [9.17, 15) is 24.3 Å². The molecule has 3 amide bonds. The van der Waals surface area contributed by atoms with Gasteiger partial charge in [-0.1, -0.05) is 73.9 Å². The van der Waals surface area contributed by atoms with Crippen LogP contribution in [0.25, 0.3) is 0 Å². The summed E-state index contributed by atoms with van der Waals surface area (Å²) < 4.78 is 12.3. The summed E-state index contributed by atoms with van der Waals surface area (Å²) in [6.07, 6.45) is 11.7. The van der Waals surface area contributed by atoms with Crippen molar-refractivity contribution in [2.45, 2.75) is 87.8 Å². The zero-order valence-electron chi connectivity index (χ0n) is 24.6. The summed E-state index contributed by atoms with van der Waals surface area (Å²) in [7, 11) is 0. The molecule has 1 aromatic carbocycles. The van der Waals surface area contributed by atoms with Crippen LogP contribution in [-0.2, 0) is 28.7 Å². The zero-order valence-corrected chi connectivity index (χ0v) is 24.6. The minimum absolute atomic E-state index is 0.0165. The molecule has 43 heavy (non-hydrogen) atoms. The van der Waals surface area contributed by atoms with Crippen molar-refractivity contribution >= 4 is 23.7 Å². The van der Waals surface area contributed by atoms with Gasteiger partial charge < -0.3 is 29.7 Å². The second-order valence-corrected chi connectivity index (χ2v) is 12.4. The third kappa shape index (κ3) is 5.29. The summed E-state index contributed by atoms with van der Waals surface area (Å²) in [6, 6.07) is 7.29. The predicted molar refractivity (Wildman–Crippen MR) is 156 cm³/mol. The number of carbonyl (C=O) groups excluding carboxylic acids is 4. The van der Waals surface area contributed by atoms with E-state index in [1.54, 1.807) is 19.1 Å². The molecule has 7 atom stereocenters. The minimum atomic E-state index is -1.37. The topological polar surface area (TPSA) is 125 Å². The van der Waals surface area contributed by atoms with Crippen LogP contribution in [0.3, 0.4) is 0 Å². The molecular formula is C33H41N3O7. The fraction of sp³-hybridized carbons (Fsp3) is 0.576. The summed E-state index contributed by atoms with van der Waals surface area (Å²) in [4.78, 5) is 58.9. The highest BCUT2D eigenvalue weighted by Crippen LogP contribution is 2.57. The van der Waals surface area contributed by atoms with Crippen LogP contribution >= 0.6 is 0 Å². The number of rotatable bonds is 4. The van der Waals surface area contributed by atoms with Crippen molar-refractivity contribution in [1.82, 2.24) is 15.1 Å². The molecule has 0 aromatic heterocycles. The first-order valence-corrected chi connectivity index (χ1v) is 15.6. The number of aliphatic hydroxyl groups excluding tert-OH is 1. The van der Waals surface area contributed by atoms with Gasteiger partial charge in [-0.25, -0.2) is 0 Å².